The fraction of sp³-hybridized carbons (Fsp3) is 0.417. The quantitative estimate of drug-likeness (QED) is 0.825. The second-order valence-electron chi connectivity index (χ2n) is 3.74. The highest BCUT2D eigenvalue weighted by Gasteiger charge is 2.12. The first-order valence-electron chi connectivity index (χ1n) is 4.91. The molecule has 3 heteroatoms. The van der Waals surface area contributed by atoms with Gasteiger partial charge in [0.1, 0.15) is 5.75 Å². The van der Waals surface area contributed by atoms with Gasteiger partial charge in [-0.3, -0.25) is 4.79 Å². The van der Waals surface area contributed by atoms with E-state index >= 15 is 0 Å². The maximum Gasteiger partial charge on any atom is 0.306 e. The van der Waals surface area contributed by atoms with Crippen molar-refractivity contribution in [2.75, 3.05) is 7.11 Å². The predicted octanol–water partition coefficient (Wildman–Crippen LogP) is 2.27. The zero-order chi connectivity index (χ0) is 11.4. The number of carboxylic acids is 1. The maximum absolute atomic E-state index is 10.7. The standard InChI is InChI=1S/C12H16O3/c1-8-7-11(15-3)5-4-10(8)6-9(2)12(13)14/h4-5,7,9H,6H2,1-3H3,(H,13,14). The Kier molecular flexibility index (Phi) is 3.72. The minimum atomic E-state index is -0.759. The number of rotatable bonds is 4. The molecule has 0 spiro atoms. The highest BCUT2D eigenvalue weighted by molar-refractivity contribution is 5.70. The van der Waals surface area contributed by atoms with Crippen molar-refractivity contribution < 1.29 is 14.6 Å². The summed E-state index contributed by atoms with van der Waals surface area (Å²) in [5, 5.41) is 8.81. The zero-order valence-corrected chi connectivity index (χ0v) is 9.28. The SMILES string of the molecule is COc1ccc(CC(C)C(=O)O)c(C)c1. The van der Waals surface area contributed by atoms with E-state index in [1.165, 1.54) is 0 Å². The van der Waals surface area contributed by atoms with Gasteiger partial charge in [-0.05, 0) is 36.6 Å². The molecule has 1 unspecified atom stereocenters. The molecule has 0 aliphatic heterocycles. The smallest absolute Gasteiger partial charge is 0.306 e. The third-order valence-electron chi connectivity index (χ3n) is 2.50. The van der Waals surface area contributed by atoms with E-state index in [1.54, 1.807) is 14.0 Å². The van der Waals surface area contributed by atoms with Crippen LogP contribution in [0.1, 0.15) is 18.1 Å². The Hall–Kier alpha value is -1.51. The van der Waals surface area contributed by atoms with Gasteiger partial charge in [-0.1, -0.05) is 13.0 Å². The molecule has 0 saturated carbocycles. The van der Waals surface area contributed by atoms with Crippen LogP contribution in [0.2, 0.25) is 0 Å². The van der Waals surface area contributed by atoms with Crippen LogP contribution in [0.25, 0.3) is 0 Å². The number of benzene rings is 1. The fourth-order valence-electron chi connectivity index (χ4n) is 1.44. The van der Waals surface area contributed by atoms with Crippen LogP contribution in [0.4, 0.5) is 0 Å². The van der Waals surface area contributed by atoms with Crippen molar-refractivity contribution in [3.63, 3.8) is 0 Å². The Bertz CT molecular complexity index is 358. The summed E-state index contributed by atoms with van der Waals surface area (Å²) in [6, 6.07) is 5.70. The van der Waals surface area contributed by atoms with E-state index < -0.39 is 5.97 Å². The number of carbonyl (C=O) groups is 1. The van der Waals surface area contributed by atoms with Crippen LogP contribution in [0, 0.1) is 12.8 Å². The van der Waals surface area contributed by atoms with Gasteiger partial charge in [-0.15, -0.1) is 0 Å². The van der Waals surface area contributed by atoms with E-state index in [0.29, 0.717) is 6.42 Å². The first kappa shape index (κ1) is 11.6. The number of ether oxygens (including phenoxy) is 1. The van der Waals surface area contributed by atoms with Crippen LogP contribution in [0.5, 0.6) is 5.75 Å². The highest BCUT2D eigenvalue weighted by atomic mass is 16.5. The molecule has 1 atom stereocenters. The summed E-state index contributed by atoms with van der Waals surface area (Å²) >= 11 is 0. The molecule has 1 N–H and O–H groups in total. The van der Waals surface area contributed by atoms with Crippen LogP contribution in [0.3, 0.4) is 0 Å². The van der Waals surface area contributed by atoms with Crippen molar-refractivity contribution in [3.05, 3.63) is 29.3 Å². The van der Waals surface area contributed by atoms with Gasteiger partial charge < -0.3 is 9.84 Å². The second-order valence-corrected chi connectivity index (χ2v) is 3.74. The Morgan fingerprint density at radius 3 is 2.67 bits per heavy atom. The number of aliphatic carboxylic acids is 1. The number of hydrogen-bond donors (Lipinski definition) is 1. The molecule has 1 aromatic carbocycles. The minimum absolute atomic E-state index is 0.350. The van der Waals surface area contributed by atoms with Gasteiger partial charge in [-0.25, -0.2) is 0 Å². The molecule has 0 heterocycles. The van der Waals surface area contributed by atoms with Gasteiger partial charge >= 0.3 is 5.97 Å². The third kappa shape index (κ3) is 2.98. The van der Waals surface area contributed by atoms with Crippen molar-refractivity contribution in [2.24, 2.45) is 5.92 Å². The van der Waals surface area contributed by atoms with Crippen LogP contribution in [0.15, 0.2) is 18.2 Å². The van der Waals surface area contributed by atoms with E-state index in [0.717, 1.165) is 16.9 Å². The molecule has 0 aliphatic rings. The van der Waals surface area contributed by atoms with Gasteiger partial charge in [0.05, 0.1) is 13.0 Å². The van der Waals surface area contributed by atoms with Crippen molar-refractivity contribution >= 4 is 5.97 Å². The highest BCUT2D eigenvalue weighted by Crippen LogP contribution is 2.19. The van der Waals surface area contributed by atoms with Gasteiger partial charge in [-0.2, -0.15) is 0 Å². The van der Waals surface area contributed by atoms with E-state index in [-0.39, 0.29) is 5.92 Å². The van der Waals surface area contributed by atoms with Gasteiger partial charge in [0.15, 0.2) is 0 Å². The maximum atomic E-state index is 10.7. The van der Waals surface area contributed by atoms with E-state index in [2.05, 4.69) is 0 Å². The molecule has 0 aromatic heterocycles. The summed E-state index contributed by atoms with van der Waals surface area (Å²) in [6.45, 7) is 3.68. The molecular weight excluding hydrogens is 192 g/mol. The lowest BCUT2D eigenvalue weighted by Crippen LogP contribution is -2.12. The molecular formula is C12H16O3. The van der Waals surface area contributed by atoms with Gasteiger partial charge in [0.2, 0.25) is 0 Å². The molecule has 1 rings (SSSR count). The van der Waals surface area contributed by atoms with Crippen molar-refractivity contribution in [3.8, 4) is 5.75 Å². The number of aryl methyl sites for hydroxylation is 1. The fourth-order valence-corrected chi connectivity index (χ4v) is 1.44. The summed E-state index contributed by atoms with van der Waals surface area (Å²) in [4.78, 5) is 10.7. The van der Waals surface area contributed by atoms with E-state index in [1.807, 2.05) is 25.1 Å². The molecule has 3 nitrogen and oxygen atoms in total. The molecule has 0 bridgehead atoms. The van der Waals surface area contributed by atoms with Gasteiger partial charge in [0, 0.05) is 0 Å². The average Bonchev–Trinajstić information content (AvgIpc) is 2.20. The van der Waals surface area contributed by atoms with E-state index in [4.69, 9.17) is 9.84 Å². The Morgan fingerprint density at radius 2 is 2.20 bits per heavy atom. The number of hydrogen-bond acceptors (Lipinski definition) is 2. The molecule has 1 aromatic rings. The number of methoxy groups -OCH3 is 1. The minimum Gasteiger partial charge on any atom is -0.497 e. The lowest BCUT2D eigenvalue weighted by molar-refractivity contribution is -0.141. The predicted molar refractivity (Wildman–Crippen MR) is 58.2 cm³/mol. The van der Waals surface area contributed by atoms with Gasteiger partial charge in [0.25, 0.3) is 0 Å². The summed E-state index contributed by atoms with van der Waals surface area (Å²) in [6.07, 6.45) is 0.561. The first-order valence-corrected chi connectivity index (χ1v) is 4.91. The normalized spacial score (nSPS) is 12.2. The van der Waals surface area contributed by atoms with Crippen molar-refractivity contribution in [1.82, 2.24) is 0 Å². The van der Waals surface area contributed by atoms with Crippen LogP contribution >= 0.6 is 0 Å². The molecule has 82 valence electrons. The monoisotopic (exact) mass is 208 g/mol. The Morgan fingerprint density at radius 1 is 1.53 bits per heavy atom. The third-order valence-corrected chi connectivity index (χ3v) is 2.50. The lowest BCUT2D eigenvalue weighted by Gasteiger charge is -2.10. The second kappa shape index (κ2) is 4.82. The topological polar surface area (TPSA) is 46.5 Å². The molecule has 0 aliphatic carbocycles. The summed E-state index contributed by atoms with van der Waals surface area (Å²) in [7, 11) is 1.62. The molecule has 0 radical (unpaired) electrons. The zero-order valence-electron chi connectivity index (χ0n) is 9.28. The van der Waals surface area contributed by atoms with Crippen LogP contribution in [-0.2, 0) is 11.2 Å². The van der Waals surface area contributed by atoms with Crippen molar-refractivity contribution in [2.45, 2.75) is 20.3 Å². The van der Waals surface area contributed by atoms with Crippen LogP contribution < -0.4 is 4.74 Å². The Balaban J connectivity index is 2.82. The lowest BCUT2D eigenvalue weighted by atomic mass is 9.97. The first-order chi connectivity index (χ1) is 7.04. The largest absolute Gasteiger partial charge is 0.497 e. The molecule has 15 heavy (non-hydrogen) atoms. The number of carboxylic acid groups (broad SMARTS) is 1. The summed E-state index contributed by atoms with van der Waals surface area (Å²) < 4.78 is 5.09. The van der Waals surface area contributed by atoms with Crippen LogP contribution in [-0.4, -0.2) is 18.2 Å². The summed E-state index contributed by atoms with van der Waals surface area (Å²) in [5.74, 6) is -0.304. The molecule has 0 fully saturated rings. The van der Waals surface area contributed by atoms with Crippen molar-refractivity contribution in [1.29, 1.82) is 0 Å². The molecule has 0 amide bonds. The summed E-state index contributed by atoms with van der Waals surface area (Å²) in [5.41, 5.74) is 2.13. The Labute approximate surface area is 89.7 Å². The average molecular weight is 208 g/mol. The van der Waals surface area contributed by atoms with E-state index in [9.17, 15) is 4.79 Å². The molecule has 0 saturated heterocycles.